The minimum Gasteiger partial charge on any atom is -0.309 e. The Morgan fingerprint density at radius 3 is 2.10 bits per heavy atom. The number of fused-ring (bicyclic) bond motifs is 9. The maximum absolute atomic E-state index is 5.47. The van der Waals surface area contributed by atoms with Gasteiger partial charge in [0.05, 0.1) is 27.8 Å². The molecule has 0 aliphatic heterocycles. The highest BCUT2D eigenvalue weighted by Crippen LogP contribution is 2.47. The van der Waals surface area contributed by atoms with Crippen LogP contribution in [0.2, 0.25) is 0 Å². The van der Waals surface area contributed by atoms with Crippen molar-refractivity contribution >= 4 is 60.5 Å². The Labute approximate surface area is 294 Å². The molecule has 4 heteroatoms. The van der Waals surface area contributed by atoms with Crippen molar-refractivity contribution in [3.8, 4) is 22.9 Å². The fourth-order valence-electron chi connectivity index (χ4n) is 8.71. The van der Waals surface area contributed by atoms with E-state index in [0.29, 0.717) is 5.95 Å². The monoisotopic (exact) mass is 652 g/mol. The topological polar surface area (TPSA) is 35.6 Å². The molecule has 6 aromatic carbocycles. The van der Waals surface area contributed by atoms with E-state index in [4.69, 9.17) is 9.97 Å². The van der Waals surface area contributed by atoms with Gasteiger partial charge >= 0.3 is 0 Å². The number of benzene rings is 6. The van der Waals surface area contributed by atoms with E-state index in [2.05, 4.69) is 180 Å². The number of nitrogens with zero attached hydrogens (tertiary/aromatic N) is 4. The van der Waals surface area contributed by atoms with Gasteiger partial charge in [-0.25, -0.2) is 9.97 Å². The second-order valence-electron chi connectivity index (χ2n) is 13.9. The minimum absolute atomic E-state index is 0.212. The zero-order valence-corrected chi connectivity index (χ0v) is 28.0. The quantitative estimate of drug-likeness (QED) is 0.190. The maximum Gasteiger partial charge on any atom is 0.235 e. The second-order valence-corrected chi connectivity index (χ2v) is 13.9. The highest BCUT2D eigenvalue weighted by atomic mass is 15.2. The molecular weight excluding hydrogens is 621 g/mol. The third-order valence-corrected chi connectivity index (χ3v) is 11.1. The van der Waals surface area contributed by atoms with Gasteiger partial charge in [0.15, 0.2) is 0 Å². The molecule has 0 fully saturated rings. The summed E-state index contributed by atoms with van der Waals surface area (Å²) in [5.41, 5.74) is 11.5. The SMILES string of the molecule is CC1c2c(c3cc(-n4c5ccccc5c5ccccc54)ccc3n2-c2nc(-c3ccc4ccccc4c3)c3ccccc3n2)C=C2C=CC=CC21. The summed E-state index contributed by atoms with van der Waals surface area (Å²) in [5.74, 6) is 1.19. The molecule has 240 valence electrons. The summed E-state index contributed by atoms with van der Waals surface area (Å²) in [6, 6.07) is 47.9. The summed E-state index contributed by atoms with van der Waals surface area (Å²) in [7, 11) is 0. The Morgan fingerprint density at radius 2 is 1.27 bits per heavy atom. The van der Waals surface area contributed by atoms with Crippen LogP contribution in [0.3, 0.4) is 0 Å². The predicted octanol–water partition coefficient (Wildman–Crippen LogP) is 11.7. The fourth-order valence-corrected chi connectivity index (χ4v) is 8.71. The largest absolute Gasteiger partial charge is 0.309 e. The smallest absolute Gasteiger partial charge is 0.235 e. The third kappa shape index (κ3) is 4.14. The molecule has 0 saturated heterocycles. The van der Waals surface area contributed by atoms with Crippen LogP contribution in [0.15, 0.2) is 163 Å². The lowest BCUT2D eigenvalue weighted by Crippen LogP contribution is -2.19. The van der Waals surface area contributed by atoms with Gasteiger partial charge in [0.2, 0.25) is 5.95 Å². The number of hydrogen-bond donors (Lipinski definition) is 0. The molecule has 11 rings (SSSR count). The van der Waals surface area contributed by atoms with Crippen molar-refractivity contribution in [3.05, 3.63) is 175 Å². The van der Waals surface area contributed by atoms with Crippen LogP contribution in [0.5, 0.6) is 0 Å². The van der Waals surface area contributed by atoms with Crippen LogP contribution in [-0.4, -0.2) is 19.1 Å². The molecule has 0 bridgehead atoms. The number of hydrogen-bond acceptors (Lipinski definition) is 2. The summed E-state index contributed by atoms with van der Waals surface area (Å²) in [6.45, 7) is 2.36. The van der Waals surface area contributed by atoms with E-state index in [1.165, 1.54) is 54.8 Å². The molecule has 9 aromatic rings. The van der Waals surface area contributed by atoms with Crippen LogP contribution in [0.1, 0.15) is 24.1 Å². The van der Waals surface area contributed by atoms with E-state index in [1.54, 1.807) is 0 Å². The fraction of sp³-hybridized carbons (Fsp3) is 0.0638. The Kier molecular flexibility index (Phi) is 5.97. The van der Waals surface area contributed by atoms with Crippen LogP contribution >= 0.6 is 0 Å². The Bertz CT molecular complexity index is 2950. The van der Waals surface area contributed by atoms with Gasteiger partial charge < -0.3 is 4.57 Å². The summed E-state index contributed by atoms with van der Waals surface area (Å²) >= 11 is 0. The van der Waals surface area contributed by atoms with E-state index in [1.807, 2.05) is 0 Å². The van der Waals surface area contributed by atoms with Crippen molar-refractivity contribution in [2.24, 2.45) is 5.92 Å². The van der Waals surface area contributed by atoms with E-state index >= 15 is 0 Å². The van der Waals surface area contributed by atoms with Crippen LogP contribution in [0.4, 0.5) is 0 Å². The normalized spacial score (nSPS) is 16.7. The zero-order chi connectivity index (χ0) is 33.6. The lowest BCUT2D eigenvalue weighted by Gasteiger charge is -2.30. The first kappa shape index (κ1) is 28.3. The number of allylic oxidation sites excluding steroid dienone is 5. The van der Waals surface area contributed by atoms with E-state index in [9.17, 15) is 0 Å². The molecule has 0 spiro atoms. The number of rotatable bonds is 3. The van der Waals surface area contributed by atoms with Gasteiger partial charge in [0.25, 0.3) is 0 Å². The standard InChI is InChI=1S/C47H32N4/c1-29-35-15-5-4-14-32(35)27-40-39-28-34(50-42-20-10-7-16-36(42)37-17-8-11-21-43(37)50)24-25-44(39)51(46(29)40)47-48-41-19-9-6-18-38(41)45(49-47)33-23-22-30-12-2-3-13-31(30)26-33/h2-29,35H,1H3. The van der Waals surface area contributed by atoms with Crippen molar-refractivity contribution in [1.82, 2.24) is 19.1 Å². The van der Waals surface area contributed by atoms with E-state index < -0.39 is 0 Å². The van der Waals surface area contributed by atoms with Crippen LogP contribution in [0, 0.1) is 5.92 Å². The molecule has 4 nitrogen and oxygen atoms in total. The molecule has 51 heavy (non-hydrogen) atoms. The summed E-state index contributed by atoms with van der Waals surface area (Å²) < 4.78 is 4.76. The van der Waals surface area contributed by atoms with E-state index in [0.717, 1.165) is 33.4 Å². The van der Waals surface area contributed by atoms with Gasteiger partial charge in [-0.1, -0.05) is 122 Å². The Balaban J connectivity index is 1.21. The first-order valence-corrected chi connectivity index (χ1v) is 17.7. The molecule has 2 atom stereocenters. The molecule has 0 N–H and O–H groups in total. The van der Waals surface area contributed by atoms with Gasteiger partial charge in [-0.15, -0.1) is 0 Å². The molecule has 0 radical (unpaired) electrons. The van der Waals surface area contributed by atoms with Gasteiger partial charge in [-0.3, -0.25) is 4.57 Å². The van der Waals surface area contributed by atoms with Crippen molar-refractivity contribution in [2.75, 3.05) is 0 Å². The number of aromatic nitrogens is 4. The van der Waals surface area contributed by atoms with Gasteiger partial charge in [-0.05, 0) is 64.9 Å². The number of para-hydroxylation sites is 3. The van der Waals surface area contributed by atoms with Gasteiger partial charge in [0.1, 0.15) is 0 Å². The molecule has 2 aliphatic rings. The third-order valence-electron chi connectivity index (χ3n) is 11.1. The summed E-state index contributed by atoms with van der Waals surface area (Å²) in [4.78, 5) is 10.8. The Hall–Kier alpha value is -6.52. The highest BCUT2D eigenvalue weighted by molar-refractivity contribution is 6.09. The average Bonchev–Trinajstić information content (AvgIpc) is 3.70. The molecule has 0 saturated carbocycles. The summed E-state index contributed by atoms with van der Waals surface area (Å²) in [6.07, 6.45) is 11.4. The molecule has 0 amide bonds. The lowest BCUT2D eigenvalue weighted by molar-refractivity contribution is 0.589. The molecular formula is C47H32N4. The van der Waals surface area contributed by atoms with Crippen LogP contribution < -0.4 is 0 Å². The zero-order valence-electron chi connectivity index (χ0n) is 28.0. The predicted molar refractivity (Wildman–Crippen MR) is 212 cm³/mol. The molecule has 2 aliphatic carbocycles. The van der Waals surface area contributed by atoms with Crippen molar-refractivity contribution in [1.29, 1.82) is 0 Å². The van der Waals surface area contributed by atoms with Crippen molar-refractivity contribution in [3.63, 3.8) is 0 Å². The van der Waals surface area contributed by atoms with Crippen LogP contribution in [0.25, 0.3) is 83.4 Å². The average molecular weight is 653 g/mol. The second kappa shape index (κ2) is 10.7. The summed E-state index contributed by atoms with van der Waals surface area (Å²) in [5, 5.41) is 7.19. The first-order valence-electron chi connectivity index (χ1n) is 17.7. The lowest BCUT2D eigenvalue weighted by atomic mass is 9.76. The molecule has 3 heterocycles. The maximum atomic E-state index is 5.47. The molecule has 2 unspecified atom stereocenters. The van der Waals surface area contributed by atoms with E-state index in [-0.39, 0.29) is 11.8 Å². The molecule has 3 aromatic heterocycles. The van der Waals surface area contributed by atoms with Crippen molar-refractivity contribution in [2.45, 2.75) is 12.8 Å². The first-order chi connectivity index (χ1) is 25.2. The van der Waals surface area contributed by atoms with Crippen molar-refractivity contribution < 1.29 is 0 Å². The Morgan fingerprint density at radius 1 is 0.569 bits per heavy atom. The highest BCUT2D eigenvalue weighted by Gasteiger charge is 2.33. The minimum atomic E-state index is 0.212. The van der Waals surface area contributed by atoms with Gasteiger partial charge in [-0.2, -0.15) is 0 Å². The van der Waals surface area contributed by atoms with Gasteiger partial charge in [0, 0.05) is 55.9 Å². The van der Waals surface area contributed by atoms with Crippen LogP contribution in [-0.2, 0) is 0 Å².